The van der Waals surface area contributed by atoms with Gasteiger partial charge in [-0.15, -0.1) is 24.5 Å². The Balaban J connectivity index is 1.50. The zero-order chi connectivity index (χ0) is 21.7. The summed E-state index contributed by atoms with van der Waals surface area (Å²) in [5.41, 5.74) is 0.118. The third kappa shape index (κ3) is 5.70. The van der Waals surface area contributed by atoms with Crippen LogP contribution < -0.4 is 15.4 Å². The first-order valence-electron chi connectivity index (χ1n) is 8.33. The van der Waals surface area contributed by atoms with Crippen LogP contribution >= 0.6 is 11.3 Å². The lowest BCUT2D eigenvalue weighted by Crippen LogP contribution is -2.34. The minimum atomic E-state index is -4.82. The molecule has 2 N–H and O–H groups in total. The Morgan fingerprint density at radius 3 is 2.37 bits per heavy atom. The molecule has 0 spiro atoms. The lowest BCUT2D eigenvalue weighted by Gasteiger charge is -2.10. The van der Waals surface area contributed by atoms with Gasteiger partial charge in [-0.2, -0.15) is 0 Å². The maximum atomic E-state index is 12.2. The number of benzene rings is 1. The maximum absolute atomic E-state index is 12.2. The van der Waals surface area contributed by atoms with Gasteiger partial charge in [0.2, 0.25) is 5.78 Å². The fourth-order valence-electron chi connectivity index (χ4n) is 2.30. The number of rotatable bonds is 6. The predicted octanol–water partition coefficient (Wildman–Crippen LogP) is 3.73. The Kier molecular flexibility index (Phi) is 6.21. The molecule has 0 unspecified atom stereocenters. The van der Waals surface area contributed by atoms with Gasteiger partial charge in [0.1, 0.15) is 5.75 Å². The van der Waals surface area contributed by atoms with Gasteiger partial charge in [0.25, 0.3) is 0 Å². The van der Waals surface area contributed by atoms with Crippen LogP contribution in [-0.4, -0.2) is 24.0 Å². The van der Waals surface area contributed by atoms with Crippen molar-refractivity contribution < 1.29 is 36.7 Å². The molecule has 0 aliphatic rings. The summed E-state index contributed by atoms with van der Waals surface area (Å²) in [5.74, 6) is -2.50. The Hall–Kier alpha value is -3.60. The zero-order valence-corrected chi connectivity index (χ0v) is 15.8. The van der Waals surface area contributed by atoms with Crippen LogP contribution in [0, 0.1) is 0 Å². The molecule has 0 atom stereocenters. The van der Waals surface area contributed by atoms with Crippen LogP contribution in [0.15, 0.2) is 59.2 Å². The number of carbonyl (C=O) groups is 3. The van der Waals surface area contributed by atoms with E-state index in [0.717, 1.165) is 35.6 Å². The average molecular weight is 438 g/mol. The number of alkyl halides is 3. The van der Waals surface area contributed by atoms with E-state index in [-0.39, 0.29) is 23.8 Å². The summed E-state index contributed by atoms with van der Waals surface area (Å²) < 4.78 is 45.2. The highest BCUT2D eigenvalue weighted by Crippen LogP contribution is 2.24. The number of ketones is 1. The number of carbonyl (C=O) groups excluding carboxylic acids is 3. The fraction of sp³-hybridized carbons (Fsp3) is 0.105. The van der Waals surface area contributed by atoms with Crippen LogP contribution in [0.3, 0.4) is 0 Å². The maximum Gasteiger partial charge on any atom is 0.573 e. The fourth-order valence-corrected chi connectivity index (χ4v) is 3.19. The number of hydrogen-bond acceptors (Lipinski definition) is 6. The second-order valence-electron chi connectivity index (χ2n) is 5.78. The number of halogens is 3. The van der Waals surface area contributed by atoms with E-state index in [4.69, 9.17) is 4.42 Å². The minimum absolute atomic E-state index is 0.0146. The molecule has 2 heterocycles. The summed E-state index contributed by atoms with van der Waals surface area (Å²) in [6.45, 7) is 0.0146. The molecule has 2 aromatic heterocycles. The van der Waals surface area contributed by atoms with E-state index in [0.29, 0.717) is 9.75 Å². The average Bonchev–Trinajstić information content (AvgIpc) is 3.38. The Bertz CT molecular complexity index is 1040. The first-order chi connectivity index (χ1) is 14.2. The molecular formula is C19H13F3N2O5S. The number of furan rings is 1. The standard InChI is InChI=1S/C19H13F3N2O5S/c20-19(21,22)29-12-5-3-11(4-6-12)24-18(27)17(26)23-10-13-7-8-15(30-13)16(25)14-2-1-9-28-14/h1-9H,10H2,(H,23,26)(H,24,27). The van der Waals surface area contributed by atoms with Gasteiger partial charge < -0.3 is 19.8 Å². The molecule has 0 saturated heterocycles. The normalized spacial score (nSPS) is 11.0. The molecule has 30 heavy (non-hydrogen) atoms. The van der Waals surface area contributed by atoms with Crippen LogP contribution in [0.5, 0.6) is 5.75 Å². The van der Waals surface area contributed by atoms with E-state index in [2.05, 4.69) is 15.4 Å². The molecule has 0 saturated carbocycles. The van der Waals surface area contributed by atoms with Crippen molar-refractivity contribution in [1.82, 2.24) is 5.32 Å². The lowest BCUT2D eigenvalue weighted by molar-refractivity contribution is -0.274. The first kappa shape index (κ1) is 21.1. The molecule has 7 nitrogen and oxygen atoms in total. The van der Waals surface area contributed by atoms with Crippen molar-refractivity contribution >= 4 is 34.6 Å². The van der Waals surface area contributed by atoms with E-state index in [1.165, 1.54) is 12.3 Å². The number of hydrogen-bond donors (Lipinski definition) is 2. The molecule has 0 aliphatic heterocycles. The summed E-state index contributed by atoms with van der Waals surface area (Å²) in [6, 6.07) is 10.7. The molecule has 156 valence electrons. The van der Waals surface area contributed by atoms with Crippen molar-refractivity contribution in [2.75, 3.05) is 5.32 Å². The second-order valence-corrected chi connectivity index (χ2v) is 6.95. The van der Waals surface area contributed by atoms with Crippen molar-refractivity contribution in [3.05, 3.63) is 70.3 Å². The van der Waals surface area contributed by atoms with Crippen molar-refractivity contribution in [2.45, 2.75) is 12.9 Å². The number of thiophene rings is 1. The first-order valence-corrected chi connectivity index (χ1v) is 9.15. The largest absolute Gasteiger partial charge is 0.573 e. The van der Waals surface area contributed by atoms with Gasteiger partial charge in [0, 0.05) is 10.6 Å². The van der Waals surface area contributed by atoms with E-state index in [9.17, 15) is 27.6 Å². The summed E-state index contributed by atoms with van der Waals surface area (Å²) >= 11 is 1.14. The van der Waals surface area contributed by atoms with Crippen molar-refractivity contribution in [1.29, 1.82) is 0 Å². The van der Waals surface area contributed by atoms with Crippen LogP contribution in [0.1, 0.15) is 20.3 Å². The number of amides is 2. The third-order valence-electron chi connectivity index (χ3n) is 3.61. The zero-order valence-electron chi connectivity index (χ0n) is 15.0. The monoisotopic (exact) mass is 438 g/mol. The smallest absolute Gasteiger partial charge is 0.461 e. The molecule has 3 aromatic rings. The van der Waals surface area contributed by atoms with Crippen molar-refractivity contribution in [3.63, 3.8) is 0 Å². The van der Waals surface area contributed by atoms with Gasteiger partial charge in [-0.3, -0.25) is 14.4 Å². The van der Waals surface area contributed by atoms with Crippen LogP contribution in [-0.2, 0) is 16.1 Å². The molecule has 0 fully saturated rings. The summed E-state index contributed by atoms with van der Waals surface area (Å²) in [5, 5.41) is 4.66. The van der Waals surface area contributed by atoms with Crippen LogP contribution in [0.2, 0.25) is 0 Å². The van der Waals surface area contributed by atoms with Gasteiger partial charge in [0.15, 0.2) is 5.76 Å². The van der Waals surface area contributed by atoms with E-state index >= 15 is 0 Å². The van der Waals surface area contributed by atoms with Crippen LogP contribution in [0.25, 0.3) is 0 Å². The Morgan fingerprint density at radius 1 is 1.00 bits per heavy atom. The SMILES string of the molecule is O=C(NCc1ccc(C(=O)c2ccco2)s1)C(=O)Nc1ccc(OC(F)(F)F)cc1. The van der Waals surface area contributed by atoms with Gasteiger partial charge in [-0.25, -0.2) is 0 Å². The molecule has 0 radical (unpaired) electrons. The van der Waals surface area contributed by atoms with Gasteiger partial charge in [-0.05, 0) is 48.5 Å². The summed E-state index contributed by atoms with van der Waals surface area (Å²) in [4.78, 5) is 37.1. The van der Waals surface area contributed by atoms with Crippen molar-refractivity contribution in [2.24, 2.45) is 0 Å². The lowest BCUT2D eigenvalue weighted by atomic mass is 10.2. The van der Waals surface area contributed by atoms with E-state index in [1.807, 2.05) is 0 Å². The highest BCUT2D eigenvalue weighted by atomic mass is 32.1. The van der Waals surface area contributed by atoms with E-state index < -0.39 is 23.9 Å². The van der Waals surface area contributed by atoms with Gasteiger partial charge in [0.05, 0.1) is 17.7 Å². The Morgan fingerprint density at radius 2 is 1.73 bits per heavy atom. The number of nitrogens with one attached hydrogen (secondary N) is 2. The molecular weight excluding hydrogens is 425 g/mol. The van der Waals surface area contributed by atoms with Crippen LogP contribution in [0.4, 0.5) is 18.9 Å². The molecule has 1 aromatic carbocycles. The minimum Gasteiger partial charge on any atom is -0.461 e. The summed E-state index contributed by atoms with van der Waals surface area (Å²) in [6.07, 6.45) is -3.44. The van der Waals surface area contributed by atoms with Crippen molar-refractivity contribution in [3.8, 4) is 5.75 Å². The third-order valence-corrected chi connectivity index (χ3v) is 4.69. The molecule has 11 heteroatoms. The summed E-state index contributed by atoms with van der Waals surface area (Å²) in [7, 11) is 0. The number of anilines is 1. The molecule has 0 bridgehead atoms. The molecule has 0 aliphatic carbocycles. The topological polar surface area (TPSA) is 97.6 Å². The predicted molar refractivity (Wildman–Crippen MR) is 100 cm³/mol. The highest BCUT2D eigenvalue weighted by molar-refractivity contribution is 7.14. The van der Waals surface area contributed by atoms with E-state index in [1.54, 1.807) is 18.2 Å². The Labute approximate surface area is 171 Å². The second kappa shape index (κ2) is 8.82. The highest BCUT2D eigenvalue weighted by Gasteiger charge is 2.31. The molecule has 3 rings (SSSR count). The quantitative estimate of drug-likeness (QED) is 0.452. The van der Waals surface area contributed by atoms with Gasteiger partial charge >= 0.3 is 18.2 Å². The molecule has 2 amide bonds. The number of ether oxygens (including phenoxy) is 1. The van der Waals surface area contributed by atoms with Gasteiger partial charge in [-0.1, -0.05) is 0 Å².